The third-order valence-electron chi connectivity index (χ3n) is 7.14. The molecular formula is C24H41F2NO2SSi. The molecule has 3 nitrogen and oxygen atoms in total. The maximum Gasteiger partial charge on any atom is 0.192 e. The van der Waals surface area contributed by atoms with Crippen LogP contribution in [0.3, 0.4) is 0 Å². The Hall–Kier alpha value is -0.473. The second-order valence-electron chi connectivity index (χ2n) is 11.4. The van der Waals surface area contributed by atoms with Crippen LogP contribution in [0.4, 0.5) is 8.78 Å². The Morgan fingerprint density at radius 2 is 1.65 bits per heavy atom. The predicted octanol–water partition coefficient (Wildman–Crippen LogP) is 6.42. The van der Waals surface area contributed by atoms with Crippen molar-refractivity contribution < 1.29 is 17.8 Å². The lowest BCUT2D eigenvalue weighted by Gasteiger charge is -2.47. The second-order valence-corrected chi connectivity index (χ2v) is 18.2. The van der Waals surface area contributed by atoms with Crippen LogP contribution >= 0.6 is 0 Å². The van der Waals surface area contributed by atoms with Crippen molar-refractivity contribution >= 4 is 19.7 Å². The van der Waals surface area contributed by atoms with E-state index >= 15 is 0 Å². The van der Waals surface area contributed by atoms with E-state index < -0.39 is 42.6 Å². The lowest BCUT2D eigenvalue weighted by Crippen LogP contribution is -2.57. The highest BCUT2D eigenvalue weighted by Crippen LogP contribution is 2.46. The molecule has 7 heteroatoms. The molecule has 1 N–H and O–H groups in total. The summed E-state index contributed by atoms with van der Waals surface area (Å²) in [5.41, 5.74) is 0.358. The molecule has 1 saturated carbocycles. The fraction of sp³-hybridized carbons (Fsp3) is 0.750. The van der Waals surface area contributed by atoms with E-state index in [4.69, 9.17) is 4.43 Å². The summed E-state index contributed by atoms with van der Waals surface area (Å²) in [5, 5.41) is 0.130. The van der Waals surface area contributed by atoms with Gasteiger partial charge in [0.15, 0.2) is 8.32 Å². The highest BCUT2D eigenvalue weighted by atomic mass is 32.2. The minimum atomic E-state index is -1.90. The van der Waals surface area contributed by atoms with Crippen LogP contribution in [0.2, 0.25) is 18.1 Å². The van der Waals surface area contributed by atoms with Gasteiger partial charge in [0, 0.05) is 22.9 Å². The summed E-state index contributed by atoms with van der Waals surface area (Å²) in [7, 11) is -1.90. The summed E-state index contributed by atoms with van der Waals surface area (Å²) in [5.74, 6) is -0.308. The minimum absolute atomic E-state index is 0.130. The van der Waals surface area contributed by atoms with Crippen molar-refractivity contribution in [2.45, 2.75) is 108 Å². The first-order valence-electron chi connectivity index (χ1n) is 11.3. The van der Waals surface area contributed by atoms with Gasteiger partial charge in [-0.05, 0) is 82.3 Å². The molecule has 1 fully saturated rings. The van der Waals surface area contributed by atoms with Crippen LogP contribution in [0.25, 0.3) is 0 Å². The lowest BCUT2D eigenvalue weighted by molar-refractivity contribution is 0.0852. The molecular weight excluding hydrogens is 432 g/mol. The van der Waals surface area contributed by atoms with Crippen molar-refractivity contribution in [1.82, 2.24) is 4.72 Å². The summed E-state index contributed by atoms with van der Waals surface area (Å²) in [6.45, 7) is 16.2. The van der Waals surface area contributed by atoms with Gasteiger partial charge in [0.05, 0.1) is 6.04 Å². The summed E-state index contributed by atoms with van der Waals surface area (Å²) in [6, 6.07) is 5.78. The third kappa shape index (κ3) is 6.31. The average Bonchev–Trinajstić information content (AvgIpc) is 2.65. The van der Waals surface area contributed by atoms with E-state index in [0.29, 0.717) is 12.8 Å². The molecule has 0 heterocycles. The number of alkyl halides is 1. The number of hydrogen-bond acceptors (Lipinski definition) is 3. The molecule has 2 rings (SSSR count). The summed E-state index contributed by atoms with van der Waals surface area (Å²) in [6.07, 6.45) is 3.18. The molecule has 178 valence electrons. The highest BCUT2D eigenvalue weighted by Gasteiger charge is 2.48. The van der Waals surface area contributed by atoms with Crippen LogP contribution in [0.15, 0.2) is 24.3 Å². The monoisotopic (exact) mass is 473 g/mol. The van der Waals surface area contributed by atoms with E-state index in [-0.39, 0.29) is 17.0 Å². The Labute approximate surface area is 192 Å². The molecule has 1 aliphatic carbocycles. The SMILES string of the molecule is CC(C)(C)[S+]([O-])NC(CF)[C@]1(c2ccc(F)cc2)CC[C@H](O[Si](C)(C)C(C)(C)C)CC1. The predicted molar refractivity (Wildman–Crippen MR) is 129 cm³/mol. The van der Waals surface area contributed by atoms with Gasteiger partial charge >= 0.3 is 0 Å². The van der Waals surface area contributed by atoms with Crippen molar-refractivity contribution in [3.05, 3.63) is 35.6 Å². The molecule has 1 aromatic rings. The van der Waals surface area contributed by atoms with E-state index in [1.807, 2.05) is 20.8 Å². The lowest BCUT2D eigenvalue weighted by atomic mass is 9.64. The van der Waals surface area contributed by atoms with Crippen LogP contribution in [0, 0.1) is 5.82 Å². The molecule has 1 aromatic carbocycles. The van der Waals surface area contributed by atoms with Gasteiger partial charge in [0.2, 0.25) is 0 Å². The smallest absolute Gasteiger partial charge is 0.192 e. The van der Waals surface area contributed by atoms with Crippen LogP contribution in [0.1, 0.15) is 72.8 Å². The fourth-order valence-electron chi connectivity index (χ4n) is 4.04. The Morgan fingerprint density at radius 3 is 2.06 bits per heavy atom. The maximum absolute atomic E-state index is 14.4. The summed E-state index contributed by atoms with van der Waals surface area (Å²) in [4.78, 5) is 0. The van der Waals surface area contributed by atoms with Gasteiger partial charge in [-0.1, -0.05) is 32.9 Å². The van der Waals surface area contributed by atoms with Gasteiger partial charge < -0.3 is 8.98 Å². The number of hydrogen-bond donors (Lipinski definition) is 1. The van der Waals surface area contributed by atoms with Gasteiger partial charge in [-0.25, -0.2) is 8.78 Å². The quantitative estimate of drug-likeness (QED) is 0.367. The summed E-state index contributed by atoms with van der Waals surface area (Å²) < 4.78 is 50.1. The van der Waals surface area contributed by atoms with Gasteiger partial charge in [0.25, 0.3) is 0 Å². The van der Waals surface area contributed by atoms with E-state index in [1.54, 1.807) is 12.1 Å². The second kappa shape index (κ2) is 9.80. The van der Waals surface area contributed by atoms with Crippen molar-refractivity contribution in [2.75, 3.05) is 6.67 Å². The molecule has 0 aromatic heterocycles. The Morgan fingerprint density at radius 1 is 1.13 bits per heavy atom. The summed E-state index contributed by atoms with van der Waals surface area (Å²) >= 11 is -1.40. The standard InChI is InChI=1S/C24H41F2NO2SSi/c1-22(2,3)30(28)27-21(17-25)24(18-9-11-19(26)12-10-18)15-13-20(14-16-24)29-31(7,8)23(4,5)6/h9-12,20-21,27H,13-17H2,1-8H3/t20-,21?,24+,30?. The van der Waals surface area contributed by atoms with Crippen molar-refractivity contribution in [3.8, 4) is 0 Å². The molecule has 0 spiro atoms. The average molecular weight is 474 g/mol. The van der Waals surface area contributed by atoms with Crippen LogP contribution in [0.5, 0.6) is 0 Å². The van der Waals surface area contributed by atoms with E-state index in [9.17, 15) is 13.3 Å². The minimum Gasteiger partial charge on any atom is -0.598 e. The first kappa shape index (κ1) is 26.8. The molecule has 31 heavy (non-hydrogen) atoms. The topological polar surface area (TPSA) is 44.3 Å². The Balaban J connectivity index is 2.30. The van der Waals surface area contributed by atoms with E-state index in [2.05, 4.69) is 38.6 Å². The third-order valence-corrected chi connectivity index (χ3v) is 13.3. The van der Waals surface area contributed by atoms with Gasteiger partial charge in [-0.15, -0.1) is 4.72 Å². The largest absolute Gasteiger partial charge is 0.598 e. The van der Waals surface area contributed by atoms with Crippen LogP contribution < -0.4 is 4.72 Å². The molecule has 0 radical (unpaired) electrons. The van der Waals surface area contributed by atoms with E-state index in [0.717, 1.165) is 18.4 Å². The number of benzene rings is 1. The number of halogens is 2. The zero-order valence-electron chi connectivity index (χ0n) is 20.5. The van der Waals surface area contributed by atoms with Gasteiger partial charge in [-0.2, -0.15) is 0 Å². The van der Waals surface area contributed by atoms with Gasteiger partial charge in [-0.3, -0.25) is 0 Å². The molecule has 0 saturated heterocycles. The van der Waals surface area contributed by atoms with E-state index in [1.165, 1.54) is 12.1 Å². The molecule has 0 aliphatic heterocycles. The van der Waals surface area contributed by atoms with Crippen molar-refractivity contribution in [3.63, 3.8) is 0 Å². The zero-order chi connectivity index (χ0) is 23.7. The molecule has 0 bridgehead atoms. The van der Waals surface area contributed by atoms with Crippen molar-refractivity contribution in [1.29, 1.82) is 0 Å². The van der Waals surface area contributed by atoms with Crippen molar-refractivity contribution in [2.24, 2.45) is 0 Å². The Bertz CT molecular complexity index is 708. The first-order chi connectivity index (χ1) is 14.1. The molecule has 0 amide bonds. The molecule has 1 aliphatic rings. The maximum atomic E-state index is 14.4. The Kier molecular flexibility index (Phi) is 8.46. The zero-order valence-corrected chi connectivity index (χ0v) is 22.3. The molecule has 2 atom stereocenters. The fourth-order valence-corrected chi connectivity index (χ4v) is 6.36. The first-order valence-corrected chi connectivity index (χ1v) is 15.4. The molecule has 2 unspecified atom stereocenters. The van der Waals surface area contributed by atoms with Gasteiger partial charge in [0.1, 0.15) is 17.2 Å². The van der Waals surface area contributed by atoms with Crippen LogP contribution in [-0.2, 0) is 21.2 Å². The van der Waals surface area contributed by atoms with Crippen LogP contribution in [-0.4, -0.2) is 36.4 Å². The normalized spacial score (nSPS) is 25.3. The number of rotatable bonds is 7. The highest BCUT2D eigenvalue weighted by molar-refractivity contribution is 7.90. The number of nitrogens with one attached hydrogen (secondary N) is 1.